The Hall–Kier alpha value is -3.17. The van der Waals surface area contributed by atoms with Gasteiger partial charge in [0, 0.05) is 0 Å². The zero-order valence-corrected chi connectivity index (χ0v) is 10.5. The molecule has 114 valence electrons. The van der Waals surface area contributed by atoms with Crippen molar-refractivity contribution < 1.29 is 28.0 Å². The number of hydrogen-bond donors (Lipinski definition) is 2. The molecule has 0 aliphatic carbocycles. The molecule has 22 heavy (non-hydrogen) atoms. The number of nitro groups is 1. The molecular weight excluding hydrogens is 307 g/mol. The number of carbonyl (C=O) groups is 1. The molecule has 0 atom stereocenters. The Morgan fingerprint density at radius 3 is 2.55 bits per heavy atom. The van der Waals surface area contributed by atoms with E-state index in [1.54, 1.807) is 0 Å². The lowest BCUT2D eigenvalue weighted by atomic mass is 10.2. The van der Waals surface area contributed by atoms with Gasteiger partial charge in [0.15, 0.2) is 29.0 Å². The maximum Gasteiger partial charge on any atom is 0.291 e. The quantitative estimate of drug-likeness (QED) is 0.514. The van der Waals surface area contributed by atoms with E-state index in [0.29, 0.717) is 18.2 Å². The number of anilines is 1. The Labute approximate surface area is 120 Å². The summed E-state index contributed by atoms with van der Waals surface area (Å²) in [6.07, 6.45) is 0.747. The minimum atomic E-state index is -1.83. The average Bonchev–Trinajstić information content (AvgIpc) is 2.46. The van der Waals surface area contributed by atoms with E-state index in [1.807, 2.05) is 5.32 Å². The number of halogens is 3. The van der Waals surface area contributed by atoms with Gasteiger partial charge in [0.25, 0.3) is 11.6 Å². The molecule has 2 N–H and O–H groups in total. The van der Waals surface area contributed by atoms with Crippen molar-refractivity contribution in [3.63, 3.8) is 0 Å². The van der Waals surface area contributed by atoms with Gasteiger partial charge in [-0.15, -0.1) is 0 Å². The molecule has 1 heterocycles. The molecule has 0 radical (unpaired) electrons. The minimum Gasteiger partial charge on any atom is -0.504 e. The number of aromatic nitrogens is 1. The maximum atomic E-state index is 13.4. The van der Waals surface area contributed by atoms with Crippen LogP contribution in [0.25, 0.3) is 0 Å². The number of nitrogens with one attached hydrogen (secondary N) is 1. The Kier molecular flexibility index (Phi) is 3.93. The van der Waals surface area contributed by atoms with Crippen LogP contribution in [0, 0.1) is 27.6 Å². The van der Waals surface area contributed by atoms with Gasteiger partial charge in [-0.1, -0.05) is 0 Å². The van der Waals surface area contributed by atoms with Gasteiger partial charge in [-0.05, 0) is 12.1 Å². The molecule has 0 aliphatic rings. The van der Waals surface area contributed by atoms with Crippen molar-refractivity contribution in [1.29, 1.82) is 0 Å². The molecule has 1 amide bonds. The Morgan fingerprint density at radius 1 is 1.27 bits per heavy atom. The van der Waals surface area contributed by atoms with Crippen molar-refractivity contribution in [1.82, 2.24) is 4.98 Å². The van der Waals surface area contributed by atoms with E-state index >= 15 is 0 Å². The second kappa shape index (κ2) is 5.68. The number of aromatic hydroxyl groups is 1. The first kappa shape index (κ1) is 15.2. The molecule has 7 nitrogen and oxygen atoms in total. The Morgan fingerprint density at radius 2 is 1.95 bits per heavy atom. The average molecular weight is 313 g/mol. The van der Waals surface area contributed by atoms with Gasteiger partial charge in [0.2, 0.25) is 0 Å². The molecule has 0 aliphatic heterocycles. The lowest BCUT2D eigenvalue weighted by molar-refractivity contribution is -0.385. The van der Waals surface area contributed by atoms with Crippen molar-refractivity contribution >= 4 is 17.4 Å². The lowest BCUT2D eigenvalue weighted by Crippen LogP contribution is -2.16. The highest BCUT2D eigenvalue weighted by molar-refractivity contribution is 6.04. The van der Waals surface area contributed by atoms with E-state index in [1.165, 1.54) is 0 Å². The monoisotopic (exact) mass is 313 g/mol. The number of benzene rings is 1. The van der Waals surface area contributed by atoms with Crippen LogP contribution < -0.4 is 5.32 Å². The smallest absolute Gasteiger partial charge is 0.291 e. The molecule has 0 spiro atoms. The van der Waals surface area contributed by atoms with Crippen molar-refractivity contribution in [3.8, 4) is 5.75 Å². The Balaban J connectivity index is 2.30. The first-order chi connectivity index (χ1) is 10.3. The van der Waals surface area contributed by atoms with E-state index in [4.69, 9.17) is 0 Å². The van der Waals surface area contributed by atoms with Gasteiger partial charge in [-0.25, -0.2) is 18.2 Å². The van der Waals surface area contributed by atoms with E-state index in [0.717, 1.165) is 6.20 Å². The number of carbonyl (C=O) groups excluding carboxylic acids is 1. The van der Waals surface area contributed by atoms with Crippen LogP contribution in [0.5, 0.6) is 5.75 Å². The lowest BCUT2D eigenvalue weighted by Gasteiger charge is -2.07. The van der Waals surface area contributed by atoms with Gasteiger partial charge >= 0.3 is 0 Å². The first-order valence-corrected chi connectivity index (χ1v) is 5.59. The van der Waals surface area contributed by atoms with Crippen molar-refractivity contribution in [2.24, 2.45) is 0 Å². The summed E-state index contributed by atoms with van der Waals surface area (Å²) in [6, 6.07) is 1.96. The summed E-state index contributed by atoms with van der Waals surface area (Å²) >= 11 is 0. The molecular formula is C12H6F3N3O4. The molecule has 0 saturated heterocycles. The number of rotatable bonds is 3. The molecule has 1 aromatic carbocycles. The van der Waals surface area contributed by atoms with E-state index < -0.39 is 51.1 Å². The predicted octanol–water partition coefficient (Wildman–Crippen LogP) is 2.37. The molecule has 10 heteroatoms. The second-order valence-electron chi connectivity index (χ2n) is 4.00. The van der Waals surface area contributed by atoms with Crippen LogP contribution in [0.15, 0.2) is 24.4 Å². The molecule has 0 fully saturated rings. The summed E-state index contributed by atoms with van der Waals surface area (Å²) in [6.45, 7) is 0. The third-order valence-electron chi connectivity index (χ3n) is 2.58. The number of pyridine rings is 1. The normalized spacial score (nSPS) is 10.3. The standard InChI is InChI=1S/C12H6F3N3O4/c13-7-2-1-6(9(14)10(7)15)12(20)17-11-8(19)3-5(4-16-11)18(21)22/h1-4,19H,(H,16,17,20). The summed E-state index contributed by atoms with van der Waals surface area (Å²) < 4.78 is 39.3. The van der Waals surface area contributed by atoms with Crippen LogP contribution in [-0.4, -0.2) is 20.9 Å². The van der Waals surface area contributed by atoms with Gasteiger partial charge in [-0.2, -0.15) is 0 Å². The summed E-state index contributed by atoms with van der Waals surface area (Å²) in [7, 11) is 0. The zero-order valence-electron chi connectivity index (χ0n) is 10.5. The third-order valence-corrected chi connectivity index (χ3v) is 2.58. The van der Waals surface area contributed by atoms with Crippen LogP contribution in [0.4, 0.5) is 24.7 Å². The highest BCUT2D eigenvalue weighted by atomic mass is 19.2. The number of hydrogen-bond acceptors (Lipinski definition) is 5. The van der Waals surface area contributed by atoms with Gasteiger partial charge in [-0.3, -0.25) is 14.9 Å². The summed E-state index contributed by atoms with van der Waals surface area (Å²) in [5.74, 6) is -7.46. The number of amides is 1. The van der Waals surface area contributed by atoms with Gasteiger partial charge in [0.1, 0.15) is 6.20 Å². The first-order valence-electron chi connectivity index (χ1n) is 5.59. The van der Waals surface area contributed by atoms with Crippen LogP contribution in [0.3, 0.4) is 0 Å². The molecule has 2 aromatic rings. The van der Waals surface area contributed by atoms with Crippen molar-refractivity contribution in [3.05, 3.63) is 57.5 Å². The maximum absolute atomic E-state index is 13.4. The van der Waals surface area contributed by atoms with Gasteiger partial charge < -0.3 is 10.4 Å². The fourth-order valence-corrected chi connectivity index (χ4v) is 1.51. The summed E-state index contributed by atoms with van der Waals surface area (Å²) in [5, 5.41) is 21.9. The van der Waals surface area contributed by atoms with Crippen molar-refractivity contribution in [2.45, 2.75) is 0 Å². The SMILES string of the molecule is O=C(Nc1ncc([N+](=O)[O-])cc1O)c1ccc(F)c(F)c1F. The van der Waals surface area contributed by atoms with E-state index in [9.17, 15) is 33.2 Å². The second-order valence-corrected chi connectivity index (χ2v) is 4.00. The summed E-state index contributed by atoms with van der Waals surface area (Å²) in [4.78, 5) is 24.8. The number of nitrogens with zero attached hydrogens (tertiary/aromatic N) is 2. The largest absolute Gasteiger partial charge is 0.504 e. The van der Waals surface area contributed by atoms with Crippen LogP contribution in [0.2, 0.25) is 0 Å². The minimum absolute atomic E-state index is 0.500. The van der Waals surface area contributed by atoms with Gasteiger partial charge in [0.05, 0.1) is 16.6 Å². The fourth-order valence-electron chi connectivity index (χ4n) is 1.51. The molecule has 0 bridgehead atoms. The Bertz CT molecular complexity index is 782. The zero-order chi connectivity index (χ0) is 16.4. The van der Waals surface area contributed by atoms with Crippen LogP contribution in [-0.2, 0) is 0 Å². The van der Waals surface area contributed by atoms with Crippen molar-refractivity contribution in [2.75, 3.05) is 5.32 Å². The topological polar surface area (TPSA) is 105 Å². The molecule has 0 unspecified atom stereocenters. The fraction of sp³-hybridized carbons (Fsp3) is 0. The molecule has 1 aromatic heterocycles. The highest BCUT2D eigenvalue weighted by Gasteiger charge is 2.20. The van der Waals surface area contributed by atoms with Crippen LogP contribution in [0.1, 0.15) is 10.4 Å². The van der Waals surface area contributed by atoms with E-state index in [2.05, 4.69) is 4.98 Å². The van der Waals surface area contributed by atoms with Crippen LogP contribution >= 0.6 is 0 Å². The summed E-state index contributed by atoms with van der Waals surface area (Å²) in [5.41, 5.74) is -1.35. The predicted molar refractivity (Wildman–Crippen MR) is 66.8 cm³/mol. The highest BCUT2D eigenvalue weighted by Crippen LogP contribution is 2.26. The third kappa shape index (κ3) is 2.80. The molecule has 0 saturated carbocycles. The molecule has 2 rings (SSSR count). The van der Waals surface area contributed by atoms with E-state index in [-0.39, 0.29) is 0 Å².